The van der Waals surface area contributed by atoms with Crippen molar-refractivity contribution < 1.29 is 8.42 Å². The molecule has 94 valence electrons. The highest BCUT2D eigenvalue weighted by molar-refractivity contribution is 8.00. The van der Waals surface area contributed by atoms with E-state index in [2.05, 4.69) is 6.07 Å². The molecule has 1 fully saturated rings. The van der Waals surface area contributed by atoms with Crippen LogP contribution in [0.5, 0.6) is 0 Å². The minimum absolute atomic E-state index is 0.322. The lowest BCUT2D eigenvalue weighted by atomic mass is 9.99. The Morgan fingerprint density at radius 2 is 1.88 bits per heavy atom. The van der Waals surface area contributed by atoms with Gasteiger partial charge in [0.1, 0.15) is 4.75 Å². The van der Waals surface area contributed by atoms with Gasteiger partial charge >= 0.3 is 0 Å². The second-order valence-corrected chi connectivity index (χ2v) is 7.47. The highest BCUT2D eigenvalue weighted by Gasteiger charge is 2.39. The molecule has 0 bridgehead atoms. The fraction of sp³-hybridized carbons (Fsp3) is 0.800. The highest BCUT2D eigenvalue weighted by Crippen LogP contribution is 2.34. The molecule has 5 nitrogen and oxygen atoms in total. The fourth-order valence-electron chi connectivity index (χ4n) is 1.75. The van der Waals surface area contributed by atoms with Crippen LogP contribution >= 0.6 is 11.8 Å². The molecule has 0 saturated carbocycles. The van der Waals surface area contributed by atoms with Crippen LogP contribution in [0.2, 0.25) is 0 Å². The van der Waals surface area contributed by atoms with Crippen molar-refractivity contribution in [1.29, 1.82) is 10.5 Å². The number of sulfonamides is 1. The Bertz CT molecular complexity index is 453. The lowest BCUT2D eigenvalue weighted by Crippen LogP contribution is -2.46. The van der Waals surface area contributed by atoms with Crippen molar-refractivity contribution in [2.45, 2.75) is 29.8 Å². The summed E-state index contributed by atoms with van der Waals surface area (Å²) in [6.45, 7) is 2.03. The van der Waals surface area contributed by atoms with Crippen LogP contribution in [0.3, 0.4) is 0 Å². The van der Waals surface area contributed by atoms with Crippen LogP contribution < -0.4 is 0 Å². The number of piperidine rings is 1. The number of nitriles is 2. The van der Waals surface area contributed by atoms with Crippen molar-refractivity contribution in [1.82, 2.24) is 4.31 Å². The van der Waals surface area contributed by atoms with Crippen LogP contribution in [0.15, 0.2) is 0 Å². The molecule has 0 N–H and O–H groups in total. The van der Waals surface area contributed by atoms with E-state index in [-0.39, 0.29) is 0 Å². The topological polar surface area (TPSA) is 85.0 Å². The largest absolute Gasteiger partial charge is 0.230 e. The molecule has 0 aromatic heterocycles. The Morgan fingerprint density at radius 1 is 1.35 bits per heavy atom. The monoisotopic (exact) mass is 273 g/mol. The van der Waals surface area contributed by atoms with Gasteiger partial charge in [0.2, 0.25) is 10.0 Å². The molecule has 1 aliphatic rings. The van der Waals surface area contributed by atoms with E-state index in [1.165, 1.54) is 23.0 Å². The third kappa shape index (κ3) is 2.74. The lowest BCUT2D eigenvalue weighted by molar-refractivity contribution is 0.326. The second-order valence-electron chi connectivity index (χ2n) is 4.03. The van der Waals surface area contributed by atoms with Gasteiger partial charge in [-0.2, -0.15) is 10.5 Å². The van der Waals surface area contributed by atoms with E-state index in [0.29, 0.717) is 25.9 Å². The summed E-state index contributed by atoms with van der Waals surface area (Å²) in [5, 5.41) is 16.8. The van der Waals surface area contributed by atoms with Crippen molar-refractivity contribution in [3.05, 3.63) is 0 Å². The van der Waals surface area contributed by atoms with Crippen molar-refractivity contribution in [2.24, 2.45) is 0 Å². The maximum absolute atomic E-state index is 11.9. The average molecular weight is 273 g/mol. The van der Waals surface area contributed by atoms with Gasteiger partial charge in [-0.3, -0.25) is 0 Å². The molecule has 7 heteroatoms. The van der Waals surface area contributed by atoms with Gasteiger partial charge in [-0.1, -0.05) is 0 Å². The zero-order valence-corrected chi connectivity index (χ0v) is 11.5. The first kappa shape index (κ1) is 14.3. The summed E-state index contributed by atoms with van der Waals surface area (Å²) in [6.07, 6.45) is 2.90. The number of hydrogen-bond acceptors (Lipinski definition) is 5. The third-order valence-electron chi connectivity index (χ3n) is 3.11. The Balaban J connectivity index is 2.78. The molecule has 0 radical (unpaired) electrons. The van der Waals surface area contributed by atoms with Gasteiger partial charge in [0.15, 0.2) is 5.25 Å². The second kappa shape index (κ2) is 5.26. The number of hydrogen-bond donors (Lipinski definition) is 0. The van der Waals surface area contributed by atoms with E-state index in [1.54, 1.807) is 6.07 Å². The molecule has 0 amide bonds. The predicted octanol–water partition coefficient (Wildman–Crippen LogP) is 0.949. The standard InChI is InChI=1S/C10H15N3O2S2/c1-9(7-11)17(14,15)13-5-3-10(8-12,16-2)4-6-13/h9H,3-6H2,1-2H3. The van der Waals surface area contributed by atoms with Crippen LogP contribution in [0.4, 0.5) is 0 Å². The molecule has 0 spiro atoms. The maximum Gasteiger partial charge on any atom is 0.230 e. The molecule has 17 heavy (non-hydrogen) atoms. The summed E-state index contributed by atoms with van der Waals surface area (Å²) in [5.41, 5.74) is 0. The van der Waals surface area contributed by atoms with Crippen molar-refractivity contribution >= 4 is 21.8 Å². The Morgan fingerprint density at radius 3 is 2.24 bits per heavy atom. The number of rotatable bonds is 3. The summed E-state index contributed by atoms with van der Waals surface area (Å²) >= 11 is 1.47. The average Bonchev–Trinajstić information content (AvgIpc) is 2.37. The number of thioether (sulfide) groups is 1. The van der Waals surface area contributed by atoms with Gasteiger partial charge in [-0.25, -0.2) is 12.7 Å². The molecule has 0 aromatic carbocycles. The molecule has 1 aliphatic heterocycles. The van der Waals surface area contributed by atoms with E-state index >= 15 is 0 Å². The van der Waals surface area contributed by atoms with E-state index in [1.807, 2.05) is 6.26 Å². The number of nitrogens with zero attached hydrogens (tertiary/aromatic N) is 3. The van der Waals surface area contributed by atoms with E-state index in [4.69, 9.17) is 10.5 Å². The molecular formula is C10H15N3O2S2. The quantitative estimate of drug-likeness (QED) is 0.764. The van der Waals surface area contributed by atoms with Crippen LogP contribution in [0, 0.1) is 22.7 Å². The highest BCUT2D eigenvalue weighted by atomic mass is 32.2. The minimum atomic E-state index is -3.53. The van der Waals surface area contributed by atoms with Gasteiger partial charge in [-0.15, -0.1) is 11.8 Å². The Kier molecular flexibility index (Phi) is 4.42. The van der Waals surface area contributed by atoms with Crippen molar-refractivity contribution in [3.63, 3.8) is 0 Å². The Hall–Kier alpha value is -0.760. The van der Waals surface area contributed by atoms with Crippen molar-refractivity contribution in [3.8, 4) is 12.1 Å². The van der Waals surface area contributed by atoms with Crippen molar-refractivity contribution in [2.75, 3.05) is 19.3 Å². The summed E-state index contributed by atoms with van der Waals surface area (Å²) in [5.74, 6) is 0. The third-order valence-corrected chi connectivity index (χ3v) is 6.48. The first-order valence-corrected chi connectivity index (χ1v) is 7.99. The van der Waals surface area contributed by atoms with Gasteiger partial charge < -0.3 is 0 Å². The van der Waals surface area contributed by atoms with Gasteiger partial charge in [0, 0.05) is 13.1 Å². The molecule has 1 unspecified atom stereocenters. The fourth-order valence-corrected chi connectivity index (χ4v) is 3.71. The van der Waals surface area contributed by atoms with E-state index in [0.717, 1.165) is 0 Å². The Labute approximate surface area is 106 Å². The molecular weight excluding hydrogens is 258 g/mol. The van der Waals surface area contributed by atoms with Crippen LogP contribution in [0.1, 0.15) is 19.8 Å². The predicted molar refractivity (Wildman–Crippen MR) is 66.7 cm³/mol. The summed E-state index contributed by atoms with van der Waals surface area (Å²) in [6, 6.07) is 4.01. The zero-order valence-electron chi connectivity index (χ0n) is 9.88. The molecule has 0 aliphatic carbocycles. The smallest absolute Gasteiger partial charge is 0.211 e. The lowest BCUT2D eigenvalue weighted by Gasteiger charge is -2.35. The van der Waals surface area contributed by atoms with Crippen LogP contribution in [0.25, 0.3) is 0 Å². The summed E-state index contributed by atoms with van der Waals surface area (Å²) in [4.78, 5) is 0. The molecule has 1 atom stereocenters. The summed E-state index contributed by atoms with van der Waals surface area (Å²) in [7, 11) is -3.53. The van der Waals surface area contributed by atoms with Gasteiger partial charge in [0.25, 0.3) is 0 Å². The van der Waals surface area contributed by atoms with E-state index < -0.39 is 20.0 Å². The summed E-state index contributed by atoms with van der Waals surface area (Å²) < 4.78 is 24.7. The SMILES string of the molecule is CSC1(C#N)CCN(S(=O)(=O)C(C)C#N)CC1. The van der Waals surface area contributed by atoms with Gasteiger partial charge in [-0.05, 0) is 26.0 Å². The van der Waals surface area contributed by atoms with E-state index in [9.17, 15) is 8.42 Å². The zero-order chi connectivity index (χ0) is 13.1. The first-order valence-electron chi connectivity index (χ1n) is 5.27. The normalized spacial score (nSPS) is 22.4. The molecule has 1 saturated heterocycles. The van der Waals surface area contributed by atoms with Crippen LogP contribution in [-0.4, -0.2) is 42.1 Å². The minimum Gasteiger partial charge on any atom is -0.211 e. The molecule has 1 rings (SSSR count). The van der Waals surface area contributed by atoms with Crippen LogP contribution in [-0.2, 0) is 10.0 Å². The van der Waals surface area contributed by atoms with Gasteiger partial charge in [0.05, 0.1) is 12.1 Å². The molecule has 1 heterocycles. The maximum atomic E-state index is 11.9. The first-order chi connectivity index (χ1) is 7.91. The molecule has 0 aromatic rings.